The zero-order valence-electron chi connectivity index (χ0n) is 13.9. The summed E-state index contributed by atoms with van der Waals surface area (Å²) >= 11 is 0. The first-order valence-corrected chi connectivity index (χ1v) is 8.13. The number of rotatable bonds is 3. The fraction of sp³-hybridized carbons (Fsp3) is 0.471. The second kappa shape index (κ2) is 6.90. The Morgan fingerprint density at radius 1 is 1.21 bits per heavy atom. The van der Waals surface area contributed by atoms with Gasteiger partial charge in [0.15, 0.2) is 5.58 Å². The number of nitrogens with zero attached hydrogens (tertiary/aromatic N) is 3. The average molecular weight is 331 g/mol. The van der Waals surface area contributed by atoms with Crippen LogP contribution in [0.5, 0.6) is 0 Å². The van der Waals surface area contributed by atoms with Gasteiger partial charge in [0, 0.05) is 31.6 Å². The van der Waals surface area contributed by atoms with Crippen molar-refractivity contribution < 1.29 is 18.8 Å². The van der Waals surface area contributed by atoms with Crippen LogP contribution in [-0.4, -0.2) is 59.7 Å². The van der Waals surface area contributed by atoms with E-state index in [4.69, 9.17) is 9.26 Å². The Labute approximate surface area is 140 Å². The third-order valence-electron chi connectivity index (χ3n) is 4.18. The van der Waals surface area contributed by atoms with Crippen LogP contribution in [-0.2, 0) is 16.0 Å². The number of benzene rings is 1. The molecule has 2 heterocycles. The first-order valence-electron chi connectivity index (χ1n) is 8.13. The molecule has 2 aromatic rings. The summed E-state index contributed by atoms with van der Waals surface area (Å²) in [5.74, 6) is -0.00443. The number of fused-ring (bicyclic) bond motifs is 1. The maximum absolute atomic E-state index is 12.5. The molecule has 3 rings (SSSR count). The molecular weight excluding hydrogens is 310 g/mol. The Balaban J connectivity index is 1.61. The van der Waals surface area contributed by atoms with Crippen molar-refractivity contribution in [2.45, 2.75) is 20.3 Å². The maximum Gasteiger partial charge on any atom is 0.409 e. The molecule has 0 spiro atoms. The number of aromatic nitrogens is 1. The van der Waals surface area contributed by atoms with E-state index in [2.05, 4.69) is 5.16 Å². The summed E-state index contributed by atoms with van der Waals surface area (Å²) in [4.78, 5) is 27.6. The van der Waals surface area contributed by atoms with Gasteiger partial charge in [-0.15, -0.1) is 0 Å². The fourth-order valence-corrected chi connectivity index (χ4v) is 2.84. The van der Waals surface area contributed by atoms with E-state index in [0.29, 0.717) is 44.1 Å². The Morgan fingerprint density at radius 2 is 1.92 bits per heavy atom. The quantitative estimate of drug-likeness (QED) is 0.859. The summed E-state index contributed by atoms with van der Waals surface area (Å²) in [5.41, 5.74) is 2.45. The number of hydrogen-bond acceptors (Lipinski definition) is 5. The summed E-state index contributed by atoms with van der Waals surface area (Å²) in [6.45, 7) is 6.12. The number of ether oxygens (including phenoxy) is 1. The number of hydrogen-bond donors (Lipinski definition) is 0. The van der Waals surface area contributed by atoms with Crippen LogP contribution in [0.4, 0.5) is 4.79 Å². The van der Waals surface area contributed by atoms with Gasteiger partial charge in [0.25, 0.3) is 0 Å². The van der Waals surface area contributed by atoms with Crippen LogP contribution in [0.1, 0.15) is 18.2 Å². The normalized spacial score (nSPS) is 14.9. The van der Waals surface area contributed by atoms with Crippen LogP contribution in [0.3, 0.4) is 0 Å². The molecule has 1 aliphatic rings. The first-order chi connectivity index (χ1) is 11.6. The molecule has 0 N–H and O–H groups in total. The topological polar surface area (TPSA) is 75.9 Å². The Morgan fingerprint density at radius 3 is 2.62 bits per heavy atom. The largest absolute Gasteiger partial charge is 0.450 e. The van der Waals surface area contributed by atoms with E-state index in [0.717, 1.165) is 10.9 Å². The molecule has 0 saturated carbocycles. The van der Waals surface area contributed by atoms with E-state index in [9.17, 15) is 9.59 Å². The molecule has 7 nitrogen and oxygen atoms in total. The highest BCUT2D eigenvalue weighted by Gasteiger charge is 2.25. The summed E-state index contributed by atoms with van der Waals surface area (Å²) in [6, 6.07) is 5.80. The summed E-state index contributed by atoms with van der Waals surface area (Å²) in [6.07, 6.45) is -0.113. The molecule has 0 bridgehead atoms. The van der Waals surface area contributed by atoms with E-state index in [-0.39, 0.29) is 18.4 Å². The van der Waals surface area contributed by atoms with E-state index in [1.165, 1.54) is 0 Å². The maximum atomic E-state index is 12.5. The van der Waals surface area contributed by atoms with Crippen LogP contribution < -0.4 is 0 Å². The van der Waals surface area contributed by atoms with E-state index in [1.807, 2.05) is 25.1 Å². The van der Waals surface area contributed by atoms with Gasteiger partial charge in [-0.05, 0) is 26.0 Å². The predicted octanol–water partition coefficient (Wildman–Crippen LogP) is 1.98. The molecule has 128 valence electrons. The molecule has 1 aromatic carbocycles. The molecule has 24 heavy (non-hydrogen) atoms. The van der Waals surface area contributed by atoms with Crippen LogP contribution >= 0.6 is 0 Å². The highest BCUT2D eigenvalue weighted by molar-refractivity contribution is 5.86. The van der Waals surface area contributed by atoms with Gasteiger partial charge >= 0.3 is 6.09 Å². The minimum absolute atomic E-state index is 0.00443. The number of carbonyl (C=O) groups is 2. The van der Waals surface area contributed by atoms with Crippen molar-refractivity contribution in [3.8, 4) is 0 Å². The lowest BCUT2D eigenvalue weighted by Crippen LogP contribution is -2.51. The highest BCUT2D eigenvalue weighted by atomic mass is 16.6. The number of piperazine rings is 1. The van der Waals surface area contributed by atoms with Crippen molar-refractivity contribution in [1.82, 2.24) is 15.0 Å². The van der Waals surface area contributed by atoms with Gasteiger partial charge in [-0.2, -0.15) is 0 Å². The van der Waals surface area contributed by atoms with Gasteiger partial charge in [-0.25, -0.2) is 4.79 Å². The Hall–Kier alpha value is -2.57. The van der Waals surface area contributed by atoms with Crippen molar-refractivity contribution in [3.05, 3.63) is 29.5 Å². The molecule has 1 aliphatic heterocycles. The monoisotopic (exact) mass is 331 g/mol. The van der Waals surface area contributed by atoms with Crippen LogP contribution in [0.25, 0.3) is 11.0 Å². The third-order valence-corrected chi connectivity index (χ3v) is 4.18. The zero-order chi connectivity index (χ0) is 17.1. The van der Waals surface area contributed by atoms with Crippen molar-refractivity contribution in [2.24, 2.45) is 0 Å². The predicted molar refractivity (Wildman–Crippen MR) is 87.6 cm³/mol. The van der Waals surface area contributed by atoms with Crippen LogP contribution in [0.2, 0.25) is 0 Å². The Kier molecular flexibility index (Phi) is 4.69. The van der Waals surface area contributed by atoms with Gasteiger partial charge in [-0.1, -0.05) is 16.8 Å². The van der Waals surface area contributed by atoms with Crippen LogP contribution in [0, 0.1) is 6.92 Å². The second-order valence-electron chi connectivity index (χ2n) is 5.87. The molecule has 2 amide bonds. The smallest absolute Gasteiger partial charge is 0.409 e. The van der Waals surface area contributed by atoms with Crippen LogP contribution in [0.15, 0.2) is 22.7 Å². The SMILES string of the molecule is CCOC(=O)N1CCN(C(=O)Cc2noc3ccc(C)cc23)CC1. The van der Waals surface area contributed by atoms with Gasteiger partial charge < -0.3 is 19.1 Å². The van der Waals surface area contributed by atoms with E-state index >= 15 is 0 Å². The second-order valence-corrected chi connectivity index (χ2v) is 5.87. The lowest BCUT2D eigenvalue weighted by Gasteiger charge is -2.34. The fourth-order valence-electron chi connectivity index (χ4n) is 2.84. The molecule has 1 fully saturated rings. The van der Waals surface area contributed by atoms with Crippen molar-refractivity contribution in [1.29, 1.82) is 0 Å². The minimum Gasteiger partial charge on any atom is -0.450 e. The molecule has 0 atom stereocenters. The van der Waals surface area contributed by atoms with Crippen molar-refractivity contribution >= 4 is 23.0 Å². The van der Waals surface area contributed by atoms with E-state index < -0.39 is 0 Å². The Bertz CT molecular complexity index is 747. The zero-order valence-corrected chi connectivity index (χ0v) is 13.9. The van der Waals surface area contributed by atoms with Gasteiger partial charge in [0.1, 0.15) is 5.69 Å². The summed E-state index contributed by atoms with van der Waals surface area (Å²) < 4.78 is 10.3. The summed E-state index contributed by atoms with van der Waals surface area (Å²) in [7, 11) is 0. The molecule has 0 radical (unpaired) electrons. The average Bonchev–Trinajstić information content (AvgIpc) is 2.97. The van der Waals surface area contributed by atoms with Gasteiger partial charge in [-0.3, -0.25) is 4.79 Å². The molecule has 7 heteroatoms. The van der Waals surface area contributed by atoms with E-state index in [1.54, 1.807) is 16.7 Å². The molecule has 1 saturated heterocycles. The minimum atomic E-state index is -0.317. The molecule has 0 aliphatic carbocycles. The first kappa shape index (κ1) is 16.3. The van der Waals surface area contributed by atoms with Gasteiger partial charge in [0.05, 0.1) is 13.0 Å². The number of aryl methyl sites for hydroxylation is 1. The summed E-state index contributed by atoms with van der Waals surface area (Å²) in [5, 5.41) is 4.91. The van der Waals surface area contributed by atoms with Gasteiger partial charge in [0.2, 0.25) is 5.91 Å². The highest BCUT2D eigenvalue weighted by Crippen LogP contribution is 2.21. The standard InChI is InChI=1S/C17H21N3O4/c1-3-23-17(22)20-8-6-19(7-9-20)16(21)11-14-13-10-12(2)4-5-15(13)24-18-14/h4-5,10H,3,6-9,11H2,1-2H3. The van der Waals surface area contributed by atoms with Crippen molar-refractivity contribution in [3.63, 3.8) is 0 Å². The molecular formula is C17H21N3O4. The lowest BCUT2D eigenvalue weighted by molar-refractivity contribution is -0.132. The molecule has 0 unspecified atom stereocenters. The molecule has 1 aromatic heterocycles. The van der Waals surface area contributed by atoms with Crippen molar-refractivity contribution in [2.75, 3.05) is 32.8 Å². The third kappa shape index (κ3) is 3.34. The number of carbonyl (C=O) groups excluding carboxylic acids is 2. The lowest BCUT2D eigenvalue weighted by atomic mass is 10.1. The number of amides is 2.